The SMILES string of the molecule is CCCC(CCC)=C(C)[N+](=O)[O-]. The first-order valence-corrected chi connectivity index (χ1v) is 4.46. The third kappa shape index (κ3) is 3.51. The second-order valence-electron chi connectivity index (χ2n) is 2.95. The van der Waals surface area contributed by atoms with Gasteiger partial charge in [-0.3, -0.25) is 10.1 Å². The molecule has 0 aromatic carbocycles. The molecule has 0 bridgehead atoms. The predicted octanol–water partition coefficient (Wildman–Crippen LogP) is 3.14. The van der Waals surface area contributed by atoms with Crippen LogP contribution < -0.4 is 0 Å². The standard InChI is InChI=1S/C9H17NO2/c1-4-6-9(7-5-2)8(3)10(11)12/h4-7H2,1-3H3. The smallest absolute Gasteiger partial charge is 0.242 e. The Morgan fingerprint density at radius 3 is 1.92 bits per heavy atom. The van der Waals surface area contributed by atoms with Crippen molar-refractivity contribution in [3.63, 3.8) is 0 Å². The van der Waals surface area contributed by atoms with Crippen LogP contribution in [0.5, 0.6) is 0 Å². The Morgan fingerprint density at radius 1 is 1.25 bits per heavy atom. The van der Waals surface area contributed by atoms with Crippen molar-refractivity contribution in [2.24, 2.45) is 0 Å². The molecule has 12 heavy (non-hydrogen) atoms. The van der Waals surface area contributed by atoms with Crippen molar-refractivity contribution in [3.8, 4) is 0 Å². The lowest BCUT2D eigenvalue weighted by Gasteiger charge is -2.03. The fraction of sp³-hybridized carbons (Fsp3) is 0.778. The Labute approximate surface area is 73.6 Å². The molecule has 0 saturated heterocycles. The maximum Gasteiger partial charge on any atom is 0.242 e. The van der Waals surface area contributed by atoms with E-state index in [-0.39, 0.29) is 4.92 Å². The van der Waals surface area contributed by atoms with Crippen molar-refractivity contribution in [2.45, 2.75) is 46.5 Å². The van der Waals surface area contributed by atoms with Gasteiger partial charge in [-0.05, 0) is 12.8 Å². The van der Waals surface area contributed by atoms with Crippen LogP contribution in [-0.2, 0) is 0 Å². The van der Waals surface area contributed by atoms with Gasteiger partial charge in [-0.1, -0.05) is 26.7 Å². The molecule has 0 aliphatic rings. The first-order valence-electron chi connectivity index (χ1n) is 4.46. The average Bonchev–Trinajstić information content (AvgIpc) is 2.03. The van der Waals surface area contributed by atoms with E-state index in [9.17, 15) is 10.1 Å². The molecule has 3 nitrogen and oxygen atoms in total. The van der Waals surface area contributed by atoms with Gasteiger partial charge in [-0.25, -0.2) is 0 Å². The summed E-state index contributed by atoms with van der Waals surface area (Å²) in [6, 6.07) is 0. The summed E-state index contributed by atoms with van der Waals surface area (Å²) >= 11 is 0. The average molecular weight is 171 g/mol. The van der Waals surface area contributed by atoms with Gasteiger partial charge in [0.2, 0.25) is 5.70 Å². The van der Waals surface area contributed by atoms with Crippen molar-refractivity contribution in [1.82, 2.24) is 0 Å². The Kier molecular flexibility index (Phi) is 5.34. The summed E-state index contributed by atoms with van der Waals surface area (Å²) in [5.74, 6) is 0. The maximum absolute atomic E-state index is 10.4. The Balaban J connectivity index is 4.43. The first kappa shape index (κ1) is 11.1. The molecule has 70 valence electrons. The highest BCUT2D eigenvalue weighted by molar-refractivity contribution is 5.05. The molecule has 0 aliphatic heterocycles. The molecule has 3 heteroatoms. The normalized spacial score (nSPS) is 9.58. The summed E-state index contributed by atoms with van der Waals surface area (Å²) in [5.41, 5.74) is 1.35. The highest BCUT2D eigenvalue weighted by Gasteiger charge is 2.10. The van der Waals surface area contributed by atoms with Gasteiger partial charge < -0.3 is 0 Å². The Hall–Kier alpha value is -0.860. The summed E-state index contributed by atoms with van der Waals surface area (Å²) in [5, 5.41) is 10.4. The van der Waals surface area contributed by atoms with Gasteiger partial charge in [0, 0.05) is 12.5 Å². The molecule has 0 fully saturated rings. The van der Waals surface area contributed by atoms with Gasteiger partial charge >= 0.3 is 0 Å². The van der Waals surface area contributed by atoms with Gasteiger partial charge in [0.15, 0.2) is 0 Å². The van der Waals surface area contributed by atoms with Crippen LogP contribution in [0.4, 0.5) is 0 Å². The molecule has 0 atom stereocenters. The third-order valence-electron chi connectivity index (χ3n) is 1.89. The molecule has 0 aromatic rings. The van der Waals surface area contributed by atoms with Crippen LogP contribution in [0, 0.1) is 10.1 Å². The van der Waals surface area contributed by atoms with Gasteiger partial charge in [0.05, 0.1) is 4.92 Å². The fourth-order valence-electron chi connectivity index (χ4n) is 1.22. The lowest BCUT2D eigenvalue weighted by molar-refractivity contribution is -0.425. The maximum atomic E-state index is 10.4. The summed E-state index contributed by atoms with van der Waals surface area (Å²) in [7, 11) is 0. The number of hydrogen-bond donors (Lipinski definition) is 0. The molecule has 0 spiro atoms. The monoisotopic (exact) mass is 171 g/mol. The highest BCUT2D eigenvalue weighted by atomic mass is 16.6. The van der Waals surface area contributed by atoms with E-state index in [0.29, 0.717) is 5.70 Å². The predicted molar refractivity (Wildman–Crippen MR) is 49.5 cm³/mol. The zero-order chi connectivity index (χ0) is 9.56. The van der Waals surface area contributed by atoms with Crippen molar-refractivity contribution >= 4 is 0 Å². The molecular formula is C9H17NO2. The molecule has 0 saturated carbocycles. The van der Waals surface area contributed by atoms with E-state index >= 15 is 0 Å². The lowest BCUT2D eigenvalue weighted by atomic mass is 10.0. The van der Waals surface area contributed by atoms with E-state index < -0.39 is 0 Å². The summed E-state index contributed by atoms with van der Waals surface area (Å²) in [6.45, 7) is 5.69. The second kappa shape index (κ2) is 5.75. The number of nitro groups is 1. The minimum atomic E-state index is -0.277. The molecule has 0 aliphatic carbocycles. The summed E-state index contributed by atoms with van der Waals surface area (Å²) in [4.78, 5) is 10.2. The van der Waals surface area contributed by atoms with E-state index in [4.69, 9.17) is 0 Å². The van der Waals surface area contributed by atoms with Gasteiger partial charge in [0.1, 0.15) is 0 Å². The van der Waals surface area contributed by atoms with Crippen molar-refractivity contribution in [3.05, 3.63) is 21.4 Å². The van der Waals surface area contributed by atoms with Crippen LogP contribution in [0.1, 0.15) is 46.5 Å². The van der Waals surface area contributed by atoms with E-state index in [1.807, 2.05) is 13.8 Å². The molecule has 0 heterocycles. The zero-order valence-corrected chi connectivity index (χ0v) is 8.09. The lowest BCUT2D eigenvalue weighted by Crippen LogP contribution is -1.99. The van der Waals surface area contributed by atoms with Crippen LogP contribution in [0.2, 0.25) is 0 Å². The molecular weight excluding hydrogens is 154 g/mol. The first-order chi connectivity index (χ1) is 5.63. The quantitative estimate of drug-likeness (QED) is 0.471. The third-order valence-corrected chi connectivity index (χ3v) is 1.89. The fourth-order valence-corrected chi connectivity index (χ4v) is 1.22. The van der Waals surface area contributed by atoms with E-state index in [1.54, 1.807) is 6.92 Å². The number of nitrogens with zero attached hydrogens (tertiary/aromatic N) is 1. The molecule has 0 amide bonds. The minimum absolute atomic E-state index is 0.277. The van der Waals surface area contributed by atoms with Crippen LogP contribution in [0.3, 0.4) is 0 Å². The van der Waals surface area contributed by atoms with Crippen LogP contribution >= 0.6 is 0 Å². The largest absolute Gasteiger partial charge is 0.259 e. The van der Waals surface area contributed by atoms with Crippen LogP contribution in [-0.4, -0.2) is 4.92 Å². The van der Waals surface area contributed by atoms with Crippen molar-refractivity contribution < 1.29 is 4.92 Å². The van der Waals surface area contributed by atoms with Crippen molar-refractivity contribution in [2.75, 3.05) is 0 Å². The Morgan fingerprint density at radius 2 is 1.67 bits per heavy atom. The molecule has 0 N–H and O–H groups in total. The van der Waals surface area contributed by atoms with Crippen LogP contribution in [0.25, 0.3) is 0 Å². The highest BCUT2D eigenvalue weighted by Crippen LogP contribution is 2.16. The summed E-state index contributed by atoms with van der Waals surface area (Å²) < 4.78 is 0. The van der Waals surface area contributed by atoms with E-state index in [0.717, 1.165) is 31.3 Å². The molecule has 0 rings (SSSR count). The topological polar surface area (TPSA) is 43.1 Å². The molecule has 0 radical (unpaired) electrons. The number of hydrogen-bond acceptors (Lipinski definition) is 2. The Bertz CT molecular complexity index is 177. The minimum Gasteiger partial charge on any atom is -0.259 e. The van der Waals surface area contributed by atoms with E-state index in [2.05, 4.69) is 0 Å². The molecule has 0 unspecified atom stereocenters. The number of rotatable bonds is 5. The van der Waals surface area contributed by atoms with Gasteiger partial charge in [0.25, 0.3) is 0 Å². The summed E-state index contributed by atoms with van der Waals surface area (Å²) in [6.07, 6.45) is 3.70. The van der Waals surface area contributed by atoms with Crippen LogP contribution in [0.15, 0.2) is 11.3 Å². The number of allylic oxidation sites excluding steroid dienone is 2. The van der Waals surface area contributed by atoms with Gasteiger partial charge in [-0.15, -0.1) is 0 Å². The van der Waals surface area contributed by atoms with E-state index in [1.165, 1.54) is 0 Å². The van der Waals surface area contributed by atoms with Gasteiger partial charge in [-0.2, -0.15) is 0 Å². The van der Waals surface area contributed by atoms with Crippen molar-refractivity contribution in [1.29, 1.82) is 0 Å². The second-order valence-corrected chi connectivity index (χ2v) is 2.95. The zero-order valence-electron chi connectivity index (χ0n) is 8.09. The molecule has 0 aromatic heterocycles.